The van der Waals surface area contributed by atoms with E-state index in [9.17, 15) is 13.6 Å². The molecule has 0 bridgehead atoms. The maximum atomic E-state index is 12.3. The van der Waals surface area contributed by atoms with Crippen molar-refractivity contribution < 1.29 is 13.6 Å². The Hall–Kier alpha value is -1.54. The van der Waals surface area contributed by atoms with Crippen LogP contribution in [-0.2, 0) is 0 Å². The molecule has 6 heteroatoms. The molecule has 0 amide bonds. The van der Waals surface area contributed by atoms with Crippen LogP contribution in [0.5, 0.6) is 0 Å². The molecule has 0 aromatic carbocycles. The SMILES string of the molecule is N#Cc1ccc(C(=O)Cl)c(C(F)F)n1. The van der Waals surface area contributed by atoms with E-state index in [1.54, 1.807) is 6.07 Å². The van der Waals surface area contributed by atoms with E-state index >= 15 is 0 Å². The molecule has 0 spiro atoms. The minimum atomic E-state index is -2.93. The number of halogens is 3. The molecule has 1 aromatic heterocycles. The van der Waals surface area contributed by atoms with Gasteiger partial charge in [-0.05, 0) is 23.7 Å². The van der Waals surface area contributed by atoms with Gasteiger partial charge < -0.3 is 0 Å². The molecule has 0 radical (unpaired) electrons. The summed E-state index contributed by atoms with van der Waals surface area (Å²) in [7, 11) is 0. The fourth-order valence-corrected chi connectivity index (χ4v) is 1.03. The molecular formula is C8H3ClF2N2O. The third-order valence-corrected chi connectivity index (χ3v) is 1.66. The van der Waals surface area contributed by atoms with Gasteiger partial charge in [0.25, 0.3) is 11.7 Å². The highest BCUT2D eigenvalue weighted by Crippen LogP contribution is 2.22. The van der Waals surface area contributed by atoms with Crippen LogP contribution in [-0.4, -0.2) is 10.2 Å². The molecule has 0 aliphatic carbocycles. The van der Waals surface area contributed by atoms with Crippen LogP contribution in [0.25, 0.3) is 0 Å². The molecular weight excluding hydrogens is 214 g/mol. The predicted molar refractivity (Wildman–Crippen MR) is 44.1 cm³/mol. The third-order valence-electron chi connectivity index (χ3n) is 1.46. The van der Waals surface area contributed by atoms with Crippen LogP contribution in [0.1, 0.15) is 28.2 Å². The molecule has 1 rings (SSSR count). The Morgan fingerprint density at radius 2 is 2.21 bits per heavy atom. The number of pyridine rings is 1. The molecule has 0 saturated carbocycles. The summed E-state index contributed by atoms with van der Waals surface area (Å²) in [6.45, 7) is 0. The average molecular weight is 217 g/mol. The molecule has 0 unspecified atom stereocenters. The van der Waals surface area contributed by atoms with Gasteiger partial charge in [-0.15, -0.1) is 0 Å². The number of nitriles is 1. The first kappa shape index (κ1) is 10.5. The van der Waals surface area contributed by atoms with E-state index in [0.29, 0.717) is 0 Å². The van der Waals surface area contributed by atoms with E-state index in [1.165, 1.54) is 0 Å². The standard InChI is InChI=1S/C8H3ClF2N2O/c9-7(14)5-2-1-4(3-12)13-6(5)8(10)11/h1-2,8H. The van der Waals surface area contributed by atoms with Crippen molar-refractivity contribution in [2.24, 2.45) is 0 Å². The Kier molecular flexibility index (Phi) is 3.10. The number of alkyl halides is 2. The zero-order valence-electron chi connectivity index (χ0n) is 6.67. The molecule has 3 nitrogen and oxygen atoms in total. The van der Waals surface area contributed by atoms with Crippen molar-refractivity contribution in [3.63, 3.8) is 0 Å². The van der Waals surface area contributed by atoms with Crippen molar-refractivity contribution in [1.29, 1.82) is 5.26 Å². The molecule has 0 aliphatic rings. The Bertz CT molecular complexity index is 414. The van der Waals surface area contributed by atoms with Gasteiger partial charge in [-0.2, -0.15) is 5.26 Å². The third kappa shape index (κ3) is 2.03. The molecule has 72 valence electrons. The second kappa shape index (κ2) is 4.11. The minimum Gasteiger partial charge on any atom is -0.276 e. The van der Waals surface area contributed by atoms with E-state index in [4.69, 9.17) is 16.9 Å². The smallest absolute Gasteiger partial charge is 0.276 e. The van der Waals surface area contributed by atoms with E-state index in [0.717, 1.165) is 12.1 Å². The van der Waals surface area contributed by atoms with Crippen LogP contribution in [0.4, 0.5) is 8.78 Å². The monoisotopic (exact) mass is 216 g/mol. The van der Waals surface area contributed by atoms with Crippen LogP contribution >= 0.6 is 11.6 Å². The van der Waals surface area contributed by atoms with Crippen molar-refractivity contribution in [1.82, 2.24) is 4.98 Å². The number of carbonyl (C=O) groups excluding carboxylic acids is 1. The minimum absolute atomic E-state index is 0.179. The van der Waals surface area contributed by atoms with Gasteiger partial charge in [0.1, 0.15) is 17.5 Å². The van der Waals surface area contributed by atoms with E-state index in [2.05, 4.69) is 4.98 Å². The lowest BCUT2D eigenvalue weighted by Crippen LogP contribution is -2.02. The molecule has 1 heterocycles. The summed E-state index contributed by atoms with van der Waals surface area (Å²) in [5, 5.41) is 7.38. The molecule has 0 atom stereocenters. The van der Waals surface area contributed by atoms with Crippen LogP contribution in [0.2, 0.25) is 0 Å². The maximum Gasteiger partial charge on any atom is 0.281 e. The van der Waals surface area contributed by atoms with Gasteiger partial charge in [-0.3, -0.25) is 4.79 Å². The zero-order valence-corrected chi connectivity index (χ0v) is 7.42. The highest BCUT2D eigenvalue weighted by molar-refractivity contribution is 6.67. The van der Waals surface area contributed by atoms with E-state index < -0.39 is 17.4 Å². The highest BCUT2D eigenvalue weighted by Gasteiger charge is 2.19. The number of hydrogen-bond donors (Lipinski definition) is 0. The normalized spacial score (nSPS) is 9.93. The summed E-state index contributed by atoms with van der Waals surface area (Å²) in [4.78, 5) is 14.0. The zero-order chi connectivity index (χ0) is 10.7. The predicted octanol–water partition coefficient (Wildman–Crippen LogP) is 2.27. The summed E-state index contributed by atoms with van der Waals surface area (Å²) in [5.41, 5.74) is -1.31. The number of carbonyl (C=O) groups is 1. The van der Waals surface area contributed by atoms with E-state index in [1.807, 2.05) is 0 Å². The molecule has 1 aromatic rings. The summed E-state index contributed by atoms with van der Waals surface area (Å²) in [6.07, 6.45) is -2.93. The Balaban J connectivity index is 3.33. The molecule has 0 saturated heterocycles. The van der Waals surface area contributed by atoms with Crippen LogP contribution in [0.3, 0.4) is 0 Å². The Morgan fingerprint density at radius 3 is 2.64 bits per heavy atom. The van der Waals surface area contributed by atoms with Crippen molar-refractivity contribution in [3.05, 3.63) is 29.1 Å². The van der Waals surface area contributed by atoms with Crippen molar-refractivity contribution in [2.75, 3.05) is 0 Å². The quantitative estimate of drug-likeness (QED) is 0.713. The first-order valence-electron chi connectivity index (χ1n) is 3.45. The van der Waals surface area contributed by atoms with Gasteiger partial charge >= 0.3 is 0 Å². The summed E-state index contributed by atoms with van der Waals surface area (Å²) in [6, 6.07) is 3.80. The summed E-state index contributed by atoms with van der Waals surface area (Å²) in [5.74, 6) is 0. The first-order valence-corrected chi connectivity index (χ1v) is 3.83. The van der Waals surface area contributed by atoms with Gasteiger partial charge in [-0.1, -0.05) is 0 Å². The molecule has 0 aliphatic heterocycles. The van der Waals surface area contributed by atoms with E-state index in [-0.39, 0.29) is 11.3 Å². The van der Waals surface area contributed by atoms with Gasteiger partial charge in [0.15, 0.2) is 0 Å². The lowest BCUT2D eigenvalue weighted by Gasteiger charge is -2.03. The lowest BCUT2D eigenvalue weighted by atomic mass is 10.2. The Morgan fingerprint density at radius 1 is 1.57 bits per heavy atom. The molecule has 0 fully saturated rings. The Labute approximate surface area is 82.9 Å². The number of hydrogen-bond acceptors (Lipinski definition) is 3. The number of nitrogens with zero attached hydrogens (tertiary/aromatic N) is 2. The van der Waals surface area contributed by atoms with Crippen LogP contribution in [0, 0.1) is 11.3 Å². The van der Waals surface area contributed by atoms with Gasteiger partial charge in [0.2, 0.25) is 0 Å². The number of rotatable bonds is 2. The first-order chi connectivity index (χ1) is 6.56. The van der Waals surface area contributed by atoms with Crippen LogP contribution in [0.15, 0.2) is 12.1 Å². The molecule has 0 N–H and O–H groups in total. The second-order valence-electron chi connectivity index (χ2n) is 2.32. The average Bonchev–Trinajstić information content (AvgIpc) is 2.16. The maximum absolute atomic E-state index is 12.3. The number of aromatic nitrogens is 1. The van der Waals surface area contributed by atoms with Crippen molar-refractivity contribution in [3.8, 4) is 6.07 Å². The van der Waals surface area contributed by atoms with Gasteiger partial charge in [0.05, 0.1) is 5.56 Å². The fourth-order valence-electron chi connectivity index (χ4n) is 0.870. The summed E-state index contributed by atoms with van der Waals surface area (Å²) < 4.78 is 24.6. The second-order valence-corrected chi connectivity index (χ2v) is 2.66. The van der Waals surface area contributed by atoms with Crippen molar-refractivity contribution >= 4 is 16.8 Å². The fraction of sp³-hybridized carbons (Fsp3) is 0.125. The van der Waals surface area contributed by atoms with Crippen molar-refractivity contribution in [2.45, 2.75) is 6.43 Å². The van der Waals surface area contributed by atoms with Gasteiger partial charge in [0, 0.05) is 0 Å². The molecule has 14 heavy (non-hydrogen) atoms. The topological polar surface area (TPSA) is 53.8 Å². The highest BCUT2D eigenvalue weighted by atomic mass is 35.5. The van der Waals surface area contributed by atoms with Crippen LogP contribution < -0.4 is 0 Å². The summed E-state index contributed by atoms with van der Waals surface area (Å²) >= 11 is 5.05. The largest absolute Gasteiger partial charge is 0.281 e. The van der Waals surface area contributed by atoms with Gasteiger partial charge in [-0.25, -0.2) is 13.8 Å². The lowest BCUT2D eigenvalue weighted by molar-refractivity contribution is 0.106.